The lowest BCUT2D eigenvalue weighted by molar-refractivity contribution is 0.102. The van der Waals surface area contributed by atoms with Crippen LogP contribution in [0.25, 0.3) is 0 Å². The van der Waals surface area contributed by atoms with Gasteiger partial charge >= 0.3 is 0 Å². The van der Waals surface area contributed by atoms with Gasteiger partial charge in [-0.15, -0.1) is 0 Å². The van der Waals surface area contributed by atoms with E-state index in [2.05, 4.69) is 0 Å². The maximum Gasteiger partial charge on any atom is 0.255 e. The molecule has 1 amide bonds. The van der Waals surface area contributed by atoms with Crippen LogP contribution in [0.3, 0.4) is 0 Å². The molecule has 0 aliphatic carbocycles. The van der Waals surface area contributed by atoms with Crippen molar-refractivity contribution in [3.8, 4) is 5.75 Å². The molecule has 0 aliphatic heterocycles. The Balaban J connectivity index is 2.38. The zero-order chi connectivity index (χ0) is 14.9. The first kappa shape index (κ1) is 13.9. The van der Waals surface area contributed by atoms with E-state index in [1.165, 1.54) is 18.2 Å². The maximum absolute atomic E-state index is 13.4. The van der Waals surface area contributed by atoms with E-state index in [9.17, 15) is 27.5 Å². The topological polar surface area (TPSA) is 49.3 Å². The standard InChI is InChI=1S/C13H7F4NO2/c14-8-5-9(15)11(17)12(10(8)16)18-13(20)6-2-1-3-7(19)4-6/h1-5,19H,(H,18,20). The van der Waals surface area contributed by atoms with E-state index in [1.54, 1.807) is 5.32 Å². The number of phenols is 1. The molecule has 0 saturated carbocycles. The quantitative estimate of drug-likeness (QED) is 0.657. The average Bonchev–Trinajstić information content (AvgIpc) is 2.41. The summed E-state index contributed by atoms with van der Waals surface area (Å²) in [4.78, 5) is 11.7. The molecule has 7 heteroatoms. The Morgan fingerprint density at radius 1 is 1.00 bits per heavy atom. The zero-order valence-electron chi connectivity index (χ0n) is 9.75. The molecular formula is C13H7F4NO2. The number of anilines is 1. The van der Waals surface area contributed by atoms with Crippen LogP contribution in [0.2, 0.25) is 0 Å². The number of rotatable bonds is 2. The first-order chi connectivity index (χ1) is 9.40. The summed E-state index contributed by atoms with van der Waals surface area (Å²) < 4.78 is 52.6. The predicted octanol–water partition coefficient (Wildman–Crippen LogP) is 3.20. The third kappa shape index (κ3) is 2.56. The highest BCUT2D eigenvalue weighted by molar-refractivity contribution is 6.04. The van der Waals surface area contributed by atoms with Crippen LogP contribution in [0.4, 0.5) is 23.2 Å². The minimum Gasteiger partial charge on any atom is -0.508 e. The van der Waals surface area contributed by atoms with Crippen molar-refractivity contribution in [1.29, 1.82) is 0 Å². The monoisotopic (exact) mass is 285 g/mol. The molecule has 2 aromatic rings. The molecule has 0 unspecified atom stereocenters. The molecule has 0 bridgehead atoms. The molecule has 0 atom stereocenters. The van der Waals surface area contributed by atoms with Gasteiger partial charge in [-0.2, -0.15) is 0 Å². The summed E-state index contributed by atoms with van der Waals surface area (Å²) in [5.41, 5.74) is -1.36. The van der Waals surface area contributed by atoms with Gasteiger partial charge in [0.15, 0.2) is 23.3 Å². The Bertz CT molecular complexity index is 662. The zero-order valence-corrected chi connectivity index (χ0v) is 9.75. The van der Waals surface area contributed by atoms with Crippen molar-refractivity contribution < 1.29 is 27.5 Å². The Labute approximate surface area is 110 Å². The smallest absolute Gasteiger partial charge is 0.255 e. The summed E-state index contributed by atoms with van der Waals surface area (Å²) in [7, 11) is 0. The van der Waals surface area contributed by atoms with Gasteiger partial charge < -0.3 is 10.4 Å². The number of hydrogen-bond acceptors (Lipinski definition) is 2. The number of carbonyl (C=O) groups is 1. The van der Waals surface area contributed by atoms with Gasteiger partial charge in [-0.1, -0.05) is 6.07 Å². The summed E-state index contributed by atoms with van der Waals surface area (Å²) in [6, 6.07) is 4.92. The summed E-state index contributed by atoms with van der Waals surface area (Å²) >= 11 is 0. The molecule has 0 radical (unpaired) electrons. The van der Waals surface area contributed by atoms with Crippen molar-refractivity contribution in [3.63, 3.8) is 0 Å². The number of amides is 1. The number of aromatic hydroxyl groups is 1. The van der Waals surface area contributed by atoms with Crippen LogP contribution in [0.1, 0.15) is 10.4 Å². The average molecular weight is 285 g/mol. The number of nitrogens with one attached hydrogen (secondary N) is 1. The van der Waals surface area contributed by atoms with Gasteiger partial charge in [0.1, 0.15) is 11.4 Å². The molecule has 104 valence electrons. The van der Waals surface area contributed by atoms with Crippen LogP contribution in [0.5, 0.6) is 5.75 Å². The molecule has 0 aliphatic rings. The maximum atomic E-state index is 13.4. The molecule has 2 N–H and O–H groups in total. The Morgan fingerprint density at radius 3 is 2.15 bits per heavy atom. The van der Waals surface area contributed by atoms with Crippen LogP contribution in [0.15, 0.2) is 30.3 Å². The third-order valence-electron chi connectivity index (χ3n) is 2.46. The molecule has 2 aromatic carbocycles. The van der Waals surface area contributed by atoms with E-state index < -0.39 is 34.9 Å². The second kappa shape index (κ2) is 5.20. The van der Waals surface area contributed by atoms with Crippen molar-refractivity contribution >= 4 is 11.6 Å². The van der Waals surface area contributed by atoms with Crippen molar-refractivity contribution in [1.82, 2.24) is 0 Å². The van der Waals surface area contributed by atoms with Crippen LogP contribution in [-0.4, -0.2) is 11.0 Å². The number of phenolic OH excluding ortho intramolecular Hbond substituents is 1. The second-order valence-corrected chi connectivity index (χ2v) is 3.85. The molecule has 0 spiro atoms. The Morgan fingerprint density at radius 2 is 1.60 bits per heavy atom. The number of carbonyl (C=O) groups excluding carboxylic acids is 1. The van der Waals surface area contributed by atoms with E-state index >= 15 is 0 Å². The second-order valence-electron chi connectivity index (χ2n) is 3.85. The Hall–Kier alpha value is -2.57. The third-order valence-corrected chi connectivity index (χ3v) is 2.46. The van der Waals surface area contributed by atoms with E-state index in [0.29, 0.717) is 0 Å². The first-order valence-corrected chi connectivity index (χ1v) is 5.33. The highest BCUT2D eigenvalue weighted by Crippen LogP contribution is 2.25. The summed E-state index contributed by atoms with van der Waals surface area (Å²) in [5.74, 6) is -7.95. The van der Waals surface area contributed by atoms with Gasteiger partial charge in [-0.3, -0.25) is 4.79 Å². The minimum atomic E-state index is -1.71. The highest BCUT2D eigenvalue weighted by atomic mass is 19.2. The van der Waals surface area contributed by atoms with Gasteiger partial charge in [0.2, 0.25) is 0 Å². The van der Waals surface area contributed by atoms with Gasteiger partial charge in [0.25, 0.3) is 5.91 Å². The van der Waals surface area contributed by atoms with Crippen LogP contribution in [0, 0.1) is 23.3 Å². The van der Waals surface area contributed by atoms with Gasteiger partial charge in [0.05, 0.1) is 0 Å². The van der Waals surface area contributed by atoms with E-state index in [1.807, 2.05) is 0 Å². The van der Waals surface area contributed by atoms with Gasteiger partial charge in [0, 0.05) is 11.6 Å². The molecule has 3 nitrogen and oxygen atoms in total. The highest BCUT2D eigenvalue weighted by Gasteiger charge is 2.21. The van der Waals surface area contributed by atoms with Gasteiger partial charge in [-0.05, 0) is 18.2 Å². The number of halogens is 4. The van der Waals surface area contributed by atoms with Crippen LogP contribution < -0.4 is 5.32 Å². The molecular weight excluding hydrogens is 278 g/mol. The summed E-state index contributed by atoms with van der Waals surface area (Å²) in [6.45, 7) is 0. The molecule has 0 aromatic heterocycles. The normalized spacial score (nSPS) is 10.4. The molecule has 0 heterocycles. The van der Waals surface area contributed by atoms with Crippen LogP contribution in [-0.2, 0) is 0 Å². The minimum absolute atomic E-state index is 0.0364. The lowest BCUT2D eigenvalue weighted by Gasteiger charge is -2.09. The van der Waals surface area contributed by atoms with Crippen molar-refractivity contribution in [3.05, 3.63) is 59.2 Å². The summed E-state index contributed by atoms with van der Waals surface area (Å²) in [6.07, 6.45) is 0. The molecule has 2 rings (SSSR count). The van der Waals surface area contributed by atoms with Crippen molar-refractivity contribution in [2.75, 3.05) is 5.32 Å². The SMILES string of the molecule is O=C(Nc1c(F)c(F)cc(F)c1F)c1cccc(O)c1. The summed E-state index contributed by atoms with van der Waals surface area (Å²) in [5, 5.41) is 10.9. The largest absolute Gasteiger partial charge is 0.508 e. The fourth-order valence-corrected chi connectivity index (χ4v) is 1.52. The lowest BCUT2D eigenvalue weighted by Crippen LogP contribution is -2.15. The Kier molecular flexibility index (Phi) is 3.60. The van der Waals surface area contributed by atoms with Gasteiger partial charge in [-0.25, -0.2) is 17.6 Å². The molecule has 0 saturated heterocycles. The fourth-order valence-electron chi connectivity index (χ4n) is 1.52. The number of benzene rings is 2. The van der Waals surface area contributed by atoms with Crippen LogP contribution >= 0.6 is 0 Å². The number of hydrogen-bond donors (Lipinski definition) is 2. The molecule has 20 heavy (non-hydrogen) atoms. The van der Waals surface area contributed by atoms with E-state index in [4.69, 9.17) is 0 Å². The predicted molar refractivity (Wildman–Crippen MR) is 62.3 cm³/mol. The van der Waals surface area contributed by atoms with Crippen molar-refractivity contribution in [2.45, 2.75) is 0 Å². The molecule has 0 fully saturated rings. The fraction of sp³-hybridized carbons (Fsp3) is 0. The first-order valence-electron chi connectivity index (χ1n) is 5.33. The van der Waals surface area contributed by atoms with Crippen molar-refractivity contribution in [2.24, 2.45) is 0 Å². The lowest BCUT2D eigenvalue weighted by atomic mass is 10.2. The van der Waals surface area contributed by atoms with E-state index in [0.717, 1.165) is 6.07 Å². The van der Waals surface area contributed by atoms with E-state index in [-0.39, 0.29) is 17.4 Å².